The van der Waals surface area contributed by atoms with Gasteiger partial charge < -0.3 is 4.74 Å². The van der Waals surface area contributed by atoms with Crippen LogP contribution in [0.4, 0.5) is 0 Å². The highest BCUT2D eigenvalue weighted by Crippen LogP contribution is 2.33. The van der Waals surface area contributed by atoms with E-state index in [0.717, 1.165) is 36.8 Å². The van der Waals surface area contributed by atoms with E-state index in [-0.39, 0.29) is 11.6 Å². The van der Waals surface area contributed by atoms with E-state index >= 15 is 0 Å². The minimum atomic E-state index is -0.263. The van der Waals surface area contributed by atoms with Crippen molar-refractivity contribution in [2.24, 2.45) is 0 Å². The molecule has 18 heavy (non-hydrogen) atoms. The van der Waals surface area contributed by atoms with Gasteiger partial charge in [-0.2, -0.15) is 0 Å². The van der Waals surface area contributed by atoms with E-state index in [1.54, 1.807) is 6.08 Å². The van der Waals surface area contributed by atoms with Gasteiger partial charge >= 0.3 is 5.97 Å². The molecule has 1 fully saturated rings. The minimum Gasteiger partial charge on any atom is -0.456 e. The van der Waals surface area contributed by atoms with E-state index in [9.17, 15) is 4.79 Å². The maximum atomic E-state index is 12.2. The fraction of sp³-hybridized carbons (Fsp3) is 0.438. The van der Waals surface area contributed by atoms with Crippen LogP contribution in [-0.2, 0) is 4.74 Å². The molecule has 0 radical (unpaired) electrons. The van der Waals surface area contributed by atoms with Gasteiger partial charge in [-0.25, -0.2) is 4.79 Å². The van der Waals surface area contributed by atoms with Crippen molar-refractivity contribution in [3.05, 3.63) is 41.5 Å². The lowest BCUT2D eigenvalue weighted by Gasteiger charge is -2.24. The maximum absolute atomic E-state index is 12.2. The highest BCUT2D eigenvalue weighted by atomic mass is 16.6. The molecule has 0 unspecified atom stereocenters. The number of carbonyl (C=O) groups excluding carboxylic acids is 1. The summed E-state index contributed by atoms with van der Waals surface area (Å²) in [5.74, 6) is -0.201. The topological polar surface area (TPSA) is 26.3 Å². The number of hydrogen-bond donors (Lipinski definition) is 0. The molecule has 2 nitrogen and oxygen atoms in total. The van der Waals surface area contributed by atoms with Gasteiger partial charge in [0.15, 0.2) is 0 Å². The number of hydrogen-bond acceptors (Lipinski definition) is 2. The van der Waals surface area contributed by atoms with E-state index in [1.165, 1.54) is 0 Å². The molecule has 0 heterocycles. The standard InChI is InChI=1S/C16H20O2/c1-4-13-7-8-14(12(2)11-13)15(17)18-16(3)9-5-6-10-16/h4,7-8,11H,1,5-6,9-10H2,2-3H3. The Morgan fingerprint density at radius 3 is 2.61 bits per heavy atom. The lowest BCUT2D eigenvalue weighted by Crippen LogP contribution is -2.28. The Hall–Kier alpha value is -1.57. The van der Waals surface area contributed by atoms with Crippen molar-refractivity contribution in [2.45, 2.75) is 45.1 Å². The van der Waals surface area contributed by atoms with Crippen LogP contribution < -0.4 is 0 Å². The lowest BCUT2D eigenvalue weighted by molar-refractivity contribution is -0.00615. The van der Waals surface area contributed by atoms with E-state index in [4.69, 9.17) is 4.74 Å². The van der Waals surface area contributed by atoms with Gasteiger partial charge in [0, 0.05) is 0 Å². The molecule has 0 spiro atoms. The zero-order chi connectivity index (χ0) is 13.2. The third-order valence-electron chi connectivity index (χ3n) is 3.71. The van der Waals surface area contributed by atoms with E-state index < -0.39 is 0 Å². The fourth-order valence-electron chi connectivity index (χ4n) is 2.55. The molecule has 1 aromatic rings. The van der Waals surface area contributed by atoms with Crippen molar-refractivity contribution in [3.8, 4) is 0 Å². The molecule has 0 N–H and O–H groups in total. The molecular formula is C16H20O2. The van der Waals surface area contributed by atoms with Gasteiger partial charge in [-0.1, -0.05) is 24.8 Å². The number of benzene rings is 1. The molecule has 2 heteroatoms. The second-order valence-corrected chi connectivity index (χ2v) is 5.33. The average Bonchev–Trinajstić information content (AvgIpc) is 2.75. The Kier molecular flexibility index (Phi) is 3.55. The molecule has 2 rings (SSSR count). The summed E-state index contributed by atoms with van der Waals surface area (Å²) in [5.41, 5.74) is 2.37. The molecule has 1 aromatic carbocycles. The molecule has 1 saturated carbocycles. The quantitative estimate of drug-likeness (QED) is 0.747. The summed E-state index contributed by atoms with van der Waals surface area (Å²) < 4.78 is 5.67. The molecule has 96 valence electrons. The van der Waals surface area contributed by atoms with Gasteiger partial charge in [0.25, 0.3) is 0 Å². The second-order valence-electron chi connectivity index (χ2n) is 5.33. The van der Waals surface area contributed by atoms with Crippen LogP contribution >= 0.6 is 0 Å². The Labute approximate surface area is 109 Å². The van der Waals surface area contributed by atoms with Gasteiger partial charge in [-0.05, 0) is 56.7 Å². The molecule has 0 saturated heterocycles. The zero-order valence-electron chi connectivity index (χ0n) is 11.2. The first-order chi connectivity index (χ1) is 8.54. The summed E-state index contributed by atoms with van der Waals surface area (Å²) in [6.07, 6.45) is 6.03. The van der Waals surface area contributed by atoms with Crippen LogP contribution in [-0.4, -0.2) is 11.6 Å². The van der Waals surface area contributed by atoms with Gasteiger partial charge in [-0.3, -0.25) is 0 Å². The largest absolute Gasteiger partial charge is 0.456 e. The summed E-state index contributed by atoms with van der Waals surface area (Å²) in [4.78, 5) is 12.2. The third kappa shape index (κ3) is 2.63. The van der Waals surface area contributed by atoms with E-state index in [1.807, 2.05) is 32.0 Å². The molecule has 1 aliphatic carbocycles. The molecule has 0 bridgehead atoms. The Morgan fingerprint density at radius 2 is 2.06 bits per heavy atom. The van der Waals surface area contributed by atoms with Crippen molar-refractivity contribution >= 4 is 12.0 Å². The number of esters is 1. The van der Waals surface area contributed by atoms with Gasteiger partial charge in [-0.15, -0.1) is 0 Å². The van der Waals surface area contributed by atoms with Crippen LogP contribution in [0.5, 0.6) is 0 Å². The normalized spacial score (nSPS) is 17.4. The Bertz CT molecular complexity index is 468. The van der Waals surface area contributed by atoms with Crippen LogP contribution in [0.1, 0.15) is 54.1 Å². The van der Waals surface area contributed by atoms with Crippen LogP contribution in [0.2, 0.25) is 0 Å². The minimum absolute atomic E-state index is 0.201. The maximum Gasteiger partial charge on any atom is 0.338 e. The van der Waals surface area contributed by atoms with E-state index in [2.05, 4.69) is 6.58 Å². The summed E-state index contributed by atoms with van der Waals surface area (Å²) in [7, 11) is 0. The van der Waals surface area contributed by atoms with Gasteiger partial charge in [0.2, 0.25) is 0 Å². The van der Waals surface area contributed by atoms with Crippen molar-refractivity contribution in [3.63, 3.8) is 0 Å². The SMILES string of the molecule is C=Cc1ccc(C(=O)OC2(C)CCCC2)c(C)c1. The number of rotatable bonds is 3. The Morgan fingerprint density at radius 1 is 1.39 bits per heavy atom. The molecule has 0 amide bonds. The van der Waals surface area contributed by atoms with Crippen LogP contribution in [0.3, 0.4) is 0 Å². The predicted octanol–water partition coefficient (Wildman–Crippen LogP) is 4.13. The Balaban J connectivity index is 2.16. The fourth-order valence-corrected chi connectivity index (χ4v) is 2.55. The van der Waals surface area contributed by atoms with E-state index in [0.29, 0.717) is 5.56 Å². The van der Waals surface area contributed by atoms with Crippen LogP contribution in [0.25, 0.3) is 6.08 Å². The molecular weight excluding hydrogens is 224 g/mol. The first-order valence-corrected chi connectivity index (χ1v) is 6.50. The average molecular weight is 244 g/mol. The molecule has 1 aliphatic rings. The number of ether oxygens (including phenoxy) is 1. The predicted molar refractivity (Wildman–Crippen MR) is 73.6 cm³/mol. The van der Waals surface area contributed by atoms with Crippen molar-refractivity contribution in [1.82, 2.24) is 0 Å². The number of carbonyl (C=O) groups is 1. The molecule has 0 aliphatic heterocycles. The smallest absolute Gasteiger partial charge is 0.338 e. The summed E-state index contributed by atoms with van der Waals surface area (Å²) in [5, 5.41) is 0. The lowest BCUT2D eigenvalue weighted by atomic mass is 10.0. The number of aryl methyl sites for hydroxylation is 1. The van der Waals surface area contributed by atoms with Crippen molar-refractivity contribution in [2.75, 3.05) is 0 Å². The van der Waals surface area contributed by atoms with Gasteiger partial charge in [0.05, 0.1) is 5.56 Å². The first kappa shape index (κ1) is 12.9. The third-order valence-corrected chi connectivity index (χ3v) is 3.71. The summed E-state index contributed by atoms with van der Waals surface area (Å²) >= 11 is 0. The first-order valence-electron chi connectivity index (χ1n) is 6.50. The van der Waals surface area contributed by atoms with Crippen molar-refractivity contribution < 1.29 is 9.53 Å². The van der Waals surface area contributed by atoms with Crippen LogP contribution in [0.15, 0.2) is 24.8 Å². The highest BCUT2D eigenvalue weighted by Gasteiger charge is 2.33. The van der Waals surface area contributed by atoms with Crippen LogP contribution in [0, 0.1) is 6.92 Å². The second kappa shape index (κ2) is 4.97. The monoisotopic (exact) mass is 244 g/mol. The molecule has 0 aromatic heterocycles. The molecule has 0 atom stereocenters. The van der Waals surface area contributed by atoms with Crippen molar-refractivity contribution in [1.29, 1.82) is 0 Å². The summed E-state index contributed by atoms with van der Waals surface area (Å²) in [6, 6.07) is 5.68. The zero-order valence-corrected chi connectivity index (χ0v) is 11.2. The summed E-state index contributed by atoms with van der Waals surface area (Å²) in [6.45, 7) is 7.69. The van der Waals surface area contributed by atoms with Gasteiger partial charge in [0.1, 0.15) is 5.60 Å². The highest BCUT2D eigenvalue weighted by molar-refractivity contribution is 5.91.